The zero-order chi connectivity index (χ0) is 12.6. The van der Waals surface area contributed by atoms with Crippen molar-refractivity contribution in [1.29, 1.82) is 0 Å². The molecule has 0 aliphatic carbocycles. The smallest absolute Gasteiger partial charge is 0.125 e. The molecule has 2 N–H and O–H groups in total. The molecule has 0 aliphatic rings. The molecular formula is C13H16FN3. The molecule has 1 aromatic carbocycles. The fourth-order valence-electron chi connectivity index (χ4n) is 1.81. The van der Waals surface area contributed by atoms with Crippen molar-refractivity contribution in [2.24, 2.45) is 5.73 Å². The molecule has 17 heavy (non-hydrogen) atoms. The van der Waals surface area contributed by atoms with Gasteiger partial charge in [-0.1, -0.05) is 6.07 Å². The molecule has 0 saturated heterocycles. The Morgan fingerprint density at radius 1 is 1.35 bits per heavy atom. The minimum absolute atomic E-state index is 0.264. The van der Waals surface area contributed by atoms with Gasteiger partial charge in [-0.15, -0.1) is 0 Å². The van der Waals surface area contributed by atoms with Crippen LogP contribution in [0.25, 0.3) is 5.69 Å². The molecule has 0 unspecified atom stereocenters. The van der Waals surface area contributed by atoms with Crippen LogP contribution in [0, 0.1) is 12.7 Å². The van der Waals surface area contributed by atoms with Gasteiger partial charge in [0.15, 0.2) is 0 Å². The van der Waals surface area contributed by atoms with Crippen LogP contribution in [0.5, 0.6) is 0 Å². The molecule has 2 rings (SSSR count). The van der Waals surface area contributed by atoms with E-state index in [4.69, 9.17) is 5.73 Å². The highest BCUT2D eigenvalue weighted by Crippen LogP contribution is 2.23. The number of benzene rings is 1. The molecule has 0 amide bonds. The number of nitrogens with zero attached hydrogens (tertiary/aromatic N) is 2. The van der Waals surface area contributed by atoms with E-state index < -0.39 is 5.54 Å². The lowest BCUT2D eigenvalue weighted by molar-refractivity contribution is 0.523. The van der Waals surface area contributed by atoms with Crippen LogP contribution in [-0.4, -0.2) is 9.55 Å². The monoisotopic (exact) mass is 233 g/mol. The van der Waals surface area contributed by atoms with Gasteiger partial charge in [-0.2, -0.15) is 0 Å². The second-order valence-electron chi connectivity index (χ2n) is 4.80. The van der Waals surface area contributed by atoms with E-state index in [0.29, 0.717) is 0 Å². The standard InChI is InChI=1S/C13H16FN3/c1-9-4-5-10(14)6-11(9)17-8-16-7-12(17)13(2,3)15/h4-8H,15H2,1-3H3. The third-order valence-corrected chi connectivity index (χ3v) is 2.73. The number of hydrogen-bond acceptors (Lipinski definition) is 2. The van der Waals surface area contributed by atoms with E-state index in [2.05, 4.69) is 4.98 Å². The summed E-state index contributed by atoms with van der Waals surface area (Å²) in [5.41, 5.74) is 8.16. The molecule has 0 aliphatic heterocycles. The summed E-state index contributed by atoms with van der Waals surface area (Å²) in [5, 5.41) is 0. The van der Waals surface area contributed by atoms with E-state index in [1.165, 1.54) is 12.1 Å². The van der Waals surface area contributed by atoms with Crippen molar-refractivity contribution < 1.29 is 4.39 Å². The number of imidazole rings is 1. The molecule has 0 radical (unpaired) electrons. The normalized spacial score (nSPS) is 11.8. The quantitative estimate of drug-likeness (QED) is 0.866. The molecule has 0 bridgehead atoms. The van der Waals surface area contributed by atoms with Gasteiger partial charge in [0.1, 0.15) is 5.82 Å². The van der Waals surface area contributed by atoms with Crippen molar-refractivity contribution in [3.05, 3.63) is 47.8 Å². The number of aryl methyl sites for hydroxylation is 1. The lowest BCUT2D eigenvalue weighted by Crippen LogP contribution is -2.31. The first kappa shape index (κ1) is 11.8. The Kier molecular flexibility index (Phi) is 2.75. The summed E-state index contributed by atoms with van der Waals surface area (Å²) in [4.78, 5) is 4.10. The van der Waals surface area contributed by atoms with E-state index in [0.717, 1.165) is 16.9 Å². The molecular weight excluding hydrogens is 217 g/mol. The van der Waals surface area contributed by atoms with Gasteiger partial charge < -0.3 is 10.3 Å². The van der Waals surface area contributed by atoms with Crippen molar-refractivity contribution in [1.82, 2.24) is 9.55 Å². The van der Waals surface area contributed by atoms with Gasteiger partial charge in [-0.3, -0.25) is 0 Å². The van der Waals surface area contributed by atoms with Crippen LogP contribution in [0.1, 0.15) is 25.1 Å². The largest absolute Gasteiger partial charge is 0.321 e. The van der Waals surface area contributed by atoms with Gasteiger partial charge in [0.25, 0.3) is 0 Å². The third kappa shape index (κ3) is 2.22. The predicted molar refractivity (Wildman–Crippen MR) is 65.5 cm³/mol. The van der Waals surface area contributed by atoms with Crippen LogP contribution in [0.3, 0.4) is 0 Å². The molecule has 4 heteroatoms. The number of halogens is 1. The molecule has 0 spiro atoms. The lowest BCUT2D eigenvalue weighted by atomic mass is 10.0. The number of aromatic nitrogens is 2. The molecule has 1 aromatic heterocycles. The first-order valence-corrected chi connectivity index (χ1v) is 5.48. The summed E-state index contributed by atoms with van der Waals surface area (Å²) in [7, 11) is 0. The Hall–Kier alpha value is -1.68. The Balaban J connectivity index is 2.61. The summed E-state index contributed by atoms with van der Waals surface area (Å²) in [6.07, 6.45) is 3.37. The second kappa shape index (κ2) is 3.96. The zero-order valence-corrected chi connectivity index (χ0v) is 10.2. The topological polar surface area (TPSA) is 43.8 Å². The SMILES string of the molecule is Cc1ccc(F)cc1-n1cncc1C(C)(C)N. The Labute approximate surface area is 100 Å². The van der Waals surface area contributed by atoms with E-state index in [1.54, 1.807) is 18.6 Å². The third-order valence-electron chi connectivity index (χ3n) is 2.73. The number of hydrogen-bond donors (Lipinski definition) is 1. The summed E-state index contributed by atoms with van der Waals surface area (Å²) in [5.74, 6) is -0.264. The minimum Gasteiger partial charge on any atom is -0.321 e. The molecule has 0 atom stereocenters. The molecule has 1 heterocycles. The maximum absolute atomic E-state index is 13.3. The highest BCUT2D eigenvalue weighted by atomic mass is 19.1. The van der Waals surface area contributed by atoms with Crippen molar-refractivity contribution in [3.8, 4) is 5.69 Å². The molecule has 90 valence electrons. The maximum atomic E-state index is 13.3. The van der Waals surface area contributed by atoms with Crippen LogP contribution in [-0.2, 0) is 5.54 Å². The summed E-state index contributed by atoms with van der Waals surface area (Å²) in [6.45, 7) is 5.73. The zero-order valence-electron chi connectivity index (χ0n) is 10.2. The van der Waals surface area contributed by atoms with Crippen LogP contribution in [0.15, 0.2) is 30.7 Å². The first-order valence-electron chi connectivity index (χ1n) is 5.48. The highest BCUT2D eigenvalue weighted by molar-refractivity contribution is 5.42. The summed E-state index contributed by atoms with van der Waals surface area (Å²) in [6, 6.07) is 4.69. The molecule has 2 aromatic rings. The number of rotatable bonds is 2. The van der Waals surface area contributed by atoms with Gasteiger partial charge in [-0.05, 0) is 38.5 Å². The van der Waals surface area contributed by atoms with Crippen LogP contribution in [0.4, 0.5) is 4.39 Å². The fourth-order valence-corrected chi connectivity index (χ4v) is 1.81. The van der Waals surface area contributed by atoms with Crippen molar-refractivity contribution in [2.75, 3.05) is 0 Å². The van der Waals surface area contributed by atoms with E-state index in [9.17, 15) is 4.39 Å². The maximum Gasteiger partial charge on any atom is 0.125 e. The van der Waals surface area contributed by atoms with Crippen molar-refractivity contribution in [2.45, 2.75) is 26.3 Å². The van der Waals surface area contributed by atoms with E-state index in [1.807, 2.05) is 25.3 Å². The van der Waals surface area contributed by atoms with Gasteiger partial charge in [-0.25, -0.2) is 9.37 Å². The van der Waals surface area contributed by atoms with Crippen LogP contribution < -0.4 is 5.73 Å². The molecule has 3 nitrogen and oxygen atoms in total. The van der Waals surface area contributed by atoms with Gasteiger partial charge in [0, 0.05) is 0 Å². The van der Waals surface area contributed by atoms with Gasteiger partial charge in [0.2, 0.25) is 0 Å². The van der Waals surface area contributed by atoms with Gasteiger partial charge in [0.05, 0.1) is 29.4 Å². The Morgan fingerprint density at radius 3 is 2.71 bits per heavy atom. The van der Waals surface area contributed by atoms with Crippen molar-refractivity contribution >= 4 is 0 Å². The van der Waals surface area contributed by atoms with Crippen molar-refractivity contribution in [3.63, 3.8) is 0 Å². The Bertz CT molecular complexity index is 538. The fraction of sp³-hybridized carbons (Fsp3) is 0.308. The van der Waals surface area contributed by atoms with Gasteiger partial charge >= 0.3 is 0 Å². The lowest BCUT2D eigenvalue weighted by Gasteiger charge is -2.21. The Morgan fingerprint density at radius 2 is 2.06 bits per heavy atom. The summed E-state index contributed by atoms with van der Waals surface area (Å²) < 4.78 is 15.1. The minimum atomic E-state index is -0.519. The average Bonchev–Trinajstić information content (AvgIpc) is 2.69. The number of nitrogens with two attached hydrogens (primary N) is 1. The van der Waals surface area contributed by atoms with E-state index >= 15 is 0 Å². The van der Waals surface area contributed by atoms with Crippen LogP contribution in [0.2, 0.25) is 0 Å². The molecule has 0 saturated carbocycles. The summed E-state index contributed by atoms with van der Waals surface area (Å²) >= 11 is 0. The predicted octanol–water partition coefficient (Wildman–Crippen LogP) is 2.51. The van der Waals surface area contributed by atoms with E-state index in [-0.39, 0.29) is 5.82 Å². The van der Waals surface area contributed by atoms with Crippen LogP contribution >= 0.6 is 0 Å². The molecule has 0 fully saturated rings. The highest BCUT2D eigenvalue weighted by Gasteiger charge is 2.20. The first-order chi connectivity index (χ1) is 7.89. The second-order valence-corrected chi connectivity index (χ2v) is 4.80. The average molecular weight is 233 g/mol.